The number of halogens is 2. The fraction of sp³-hybridized carbons (Fsp3) is 0.514. The van der Waals surface area contributed by atoms with Crippen molar-refractivity contribution in [3.63, 3.8) is 0 Å². The van der Waals surface area contributed by atoms with Crippen molar-refractivity contribution < 1.29 is 32.6 Å². The molecule has 2 aromatic heterocycles. The Morgan fingerprint density at radius 2 is 1.88 bits per heavy atom. The Balaban J connectivity index is 1.37. The number of hydrogen-bond donors (Lipinski definition) is 0. The topological polar surface area (TPSA) is 94.0 Å². The molecule has 2 fully saturated rings. The molecular formula is C37H44F2N4O5Si. The SMILES string of the molecule is CC(C)(C)OC(=O)Cc1nc2cc(CN3C(=O)c4cc(F)ccc4[C@]34CCN(CC#CC3CC3)C4=O)n(COCC[Si](C)(C)C)c2cc1F. The lowest BCUT2D eigenvalue weighted by atomic mass is 9.87. The van der Waals surface area contributed by atoms with E-state index >= 15 is 4.39 Å². The summed E-state index contributed by atoms with van der Waals surface area (Å²) in [4.78, 5) is 48.7. The van der Waals surface area contributed by atoms with Gasteiger partial charge in [0.05, 0.1) is 36.2 Å². The molecule has 1 aromatic carbocycles. The third kappa shape index (κ3) is 7.29. The molecule has 0 radical (unpaired) electrons. The maximum Gasteiger partial charge on any atom is 0.312 e. The van der Waals surface area contributed by atoms with Crippen LogP contribution in [-0.4, -0.2) is 70.5 Å². The van der Waals surface area contributed by atoms with Gasteiger partial charge in [-0.2, -0.15) is 0 Å². The van der Waals surface area contributed by atoms with Gasteiger partial charge in [0.1, 0.15) is 24.0 Å². The minimum atomic E-state index is -1.41. The summed E-state index contributed by atoms with van der Waals surface area (Å²) in [6, 6.07) is 7.98. The molecule has 0 bridgehead atoms. The van der Waals surface area contributed by atoms with Crippen LogP contribution in [0.5, 0.6) is 0 Å². The zero-order valence-electron chi connectivity index (χ0n) is 29.1. The molecule has 1 saturated heterocycles. The van der Waals surface area contributed by atoms with E-state index in [2.05, 4.69) is 36.5 Å². The van der Waals surface area contributed by atoms with E-state index in [1.54, 1.807) is 36.3 Å². The molecule has 12 heteroatoms. The number of ether oxygens (including phenoxy) is 2. The highest BCUT2D eigenvalue weighted by Gasteiger charge is 2.59. The van der Waals surface area contributed by atoms with Crippen LogP contribution in [0, 0.1) is 29.4 Å². The van der Waals surface area contributed by atoms with Crippen LogP contribution >= 0.6 is 0 Å². The third-order valence-electron chi connectivity index (χ3n) is 9.17. The van der Waals surface area contributed by atoms with Crippen LogP contribution in [0.4, 0.5) is 8.78 Å². The number of hydrogen-bond acceptors (Lipinski definition) is 6. The van der Waals surface area contributed by atoms with Crippen molar-refractivity contribution in [2.45, 2.75) is 96.6 Å². The van der Waals surface area contributed by atoms with Crippen LogP contribution in [-0.2, 0) is 44.3 Å². The molecule has 1 spiro atoms. The number of rotatable bonds is 10. The molecule has 2 amide bonds. The predicted molar refractivity (Wildman–Crippen MR) is 183 cm³/mol. The van der Waals surface area contributed by atoms with Crippen molar-refractivity contribution in [2.75, 3.05) is 19.7 Å². The molecule has 9 nitrogen and oxygen atoms in total. The normalized spacial score (nSPS) is 19.2. The average Bonchev–Trinajstić information content (AvgIpc) is 3.64. The van der Waals surface area contributed by atoms with Crippen LogP contribution in [0.1, 0.15) is 67.3 Å². The lowest BCUT2D eigenvalue weighted by molar-refractivity contribution is -0.154. The molecule has 1 atom stereocenters. The first-order valence-corrected chi connectivity index (χ1v) is 20.6. The molecular weight excluding hydrogens is 647 g/mol. The second-order valence-corrected chi connectivity index (χ2v) is 21.1. The van der Waals surface area contributed by atoms with E-state index in [-0.39, 0.29) is 43.4 Å². The molecule has 1 aliphatic carbocycles. The molecule has 3 aromatic rings. The van der Waals surface area contributed by atoms with Crippen molar-refractivity contribution in [2.24, 2.45) is 5.92 Å². The van der Waals surface area contributed by atoms with Crippen molar-refractivity contribution in [3.05, 3.63) is 64.5 Å². The van der Waals surface area contributed by atoms with Gasteiger partial charge in [-0.3, -0.25) is 14.4 Å². The van der Waals surface area contributed by atoms with E-state index in [0.717, 1.165) is 18.9 Å². The van der Waals surface area contributed by atoms with Gasteiger partial charge in [0.25, 0.3) is 11.8 Å². The van der Waals surface area contributed by atoms with E-state index in [9.17, 15) is 18.8 Å². The monoisotopic (exact) mass is 690 g/mol. The van der Waals surface area contributed by atoms with Gasteiger partial charge < -0.3 is 23.8 Å². The molecule has 49 heavy (non-hydrogen) atoms. The quantitative estimate of drug-likeness (QED) is 0.112. The molecule has 3 aliphatic rings. The number of carbonyl (C=O) groups is 3. The summed E-state index contributed by atoms with van der Waals surface area (Å²) in [5.41, 5.74) is -0.133. The lowest BCUT2D eigenvalue weighted by Crippen LogP contribution is -2.49. The number of pyridine rings is 1. The van der Waals surface area contributed by atoms with Gasteiger partial charge in [-0.1, -0.05) is 37.5 Å². The second kappa shape index (κ2) is 13.0. The highest BCUT2D eigenvalue weighted by molar-refractivity contribution is 6.76. The van der Waals surface area contributed by atoms with Gasteiger partial charge in [0, 0.05) is 56.5 Å². The smallest absolute Gasteiger partial charge is 0.312 e. The van der Waals surface area contributed by atoms with Gasteiger partial charge in [0.2, 0.25) is 0 Å². The van der Waals surface area contributed by atoms with Crippen LogP contribution in [0.2, 0.25) is 25.7 Å². The number of esters is 1. The van der Waals surface area contributed by atoms with Crippen molar-refractivity contribution in [3.8, 4) is 11.8 Å². The molecule has 2 aliphatic heterocycles. The number of aromatic nitrogens is 2. The number of likely N-dealkylation sites (tertiary alicyclic amines) is 1. The third-order valence-corrected chi connectivity index (χ3v) is 10.9. The molecule has 260 valence electrons. The Kier molecular flexibility index (Phi) is 9.22. The van der Waals surface area contributed by atoms with Crippen LogP contribution in [0.3, 0.4) is 0 Å². The fourth-order valence-corrected chi connectivity index (χ4v) is 7.28. The second-order valence-electron chi connectivity index (χ2n) is 15.5. The summed E-state index contributed by atoms with van der Waals surface area (Å²) in [5.74, 6) is 4.17. The van der Waals surface area contributed by atoms with E-state index < -0.39 is 42.7 Å². The molecule has 0 unspecified atom stereocenters. The van der Waals surface area contributed by atoms with Crippen molar-refractivity contribution >= 4 is 36.9 Å². The van der Waals surface area contributed by atoms with Crippen LogP contribution in [0.25, 0.3) is 11.0 Å². The average molecular weight is 691 g/mol. The largest absolute Gasteiger partial charge is 0.460 e. The molecule has 4 heterocycles. The zero-order valence-corrected chi connectivity index (χ0v) is 30.1. The Labute approximate surface area is 286 Å². The zero-order chi connectivity index (χ0) is 35.3. The van der Waals surface area contributed by atoms with E-state index in [0.29, 0.717) is 47.8 Å². The van der Waals surface area contributed by atoms with Gasteiger partial charge in [-0.05, 0) is 57.9 Å². The first-order chi connectivity index (χ1) is 23.1. The highest BCUT2D eigenvalue weighted by Crippen LogP contribution is 2.47. The minimum Gasteiger partial charge on any atom is -0.460 e. The number of amides is 2. The summed E-state index contributed by atoms with van der Waals surface area (Å²) in [6.45, 7) is 13.1. The lowest BCUT2D eigenvalue weighted by Gasteiger charge is -2.34. The number of benzene rings is 1. The Hall–Kier alpha value is -4.08. The number of nitrogens with zero attached hydrogens (tertiary/aromatic N) is 4. The molecule has 0 N–H and O–H groups in total. The van der Waals surface area contributed by atoms with Crippen molar-refractivity contribution in [1.29, 1.82) is 0 Å². The maximum absolute atomic E-state index is 15.5. The van der Waals surface area contributed by atoms with E-state index in [1.165, 1.54) is 29.2 Å². The van der Waals surface area contributed by atoms with Gasteiger partial charge in [-0.15, -0.1) is 0 Å². The van der Waals surface area contributed by atoms with Crippen LogP contribution in [0.15, 0.2) is 30.3 Å². The summed E-state index contributed by atoms with van der Waals surface area (Å²) in [6.07, 6.45) is 2.11. The molecule has 1 saturated carbocycles. The standard InChI is InChI=1S/C37H44F2N4O5Si/c1-36(2,3)48-33(44)21-30-29(39)20-32-31(40-30)19-26(42(32)23-47-16-17-49(4,5)6)22-43-34(45)27-18-25(38)11-12-28(27)37(43)13-15-41(35(37)46)14-7-8-24-9-10-24/h11-12,18-20,24H,9-10,13-17,21-23H2,1-6H3/t37-/m0/s1. The van der Waals surface area contributed by atoms with Crippen molar-refractivity contribution in [1.82, 2.24) is 19.4 Å². The van der Waals surface area contributed by atoms with Gasteiger partial charge in [-0.25, -0.2) is 13.8 Å². The number of fused-ring (bicyclic) bond motifs is 3. The summed E-state index contributed by atoms with van der Waals surface area (Å²) in [5, 5.41) is 0. The van der Waals surface area contributed by atoms with E-state index in [4.69, 9.17) is 9.47 Å². The first kappa shape index (κ1) is 34.8. The Morgan fingerprint density at radius 1 is 1.12 bits per heavy atom. The Bertz CT molecular complexity index is 1880. The van der Waals surface area contributed by atoms with E-state index in [1.807, 2.05) is 0 Å². The highest BCUT2D eigenvalue weighted by atomic mass is 28.3. The summed E-state index contributed by atoms with van der Waals surface area (Å²) in [7, 11) is -1.41. The number of carbonyl (C=O) groups excluding carboxylic acids is 3. The van der Waals surface area contributed by atoms with Crippen LogP contribution < -0.4 is 0 Å². The van der Waals surface area contributed by atoms with Gasteiger partial charge in [0.15, 0.2) is 5.54 Å². The maximum atomic E-state index is 15.5. The fourth-order valence-electron chi connectivity index (χ4n) is 6.52. The first-order valence-electron chi connectivity index (χ1n) is 16.9. The predicted octanol–water partition coefficient (Wildman–Crippen LogP) is 6.01. The molecule has 6 rings (SSSR count). The minimum absolute atomic E-state index is 0.0424. The summed E-state index contributed by atoms with van der Waals surface area (Å²) < 4.78 is 43.3. The Morgan fingerprint density at radius 3 is 2.57 bits per heavy atom. The van der Waals surface area contributed by atoms with Gasteiger partial charge >= 0.3 is 5.97 Å². The summed E-state index contributed by atoms with van der Waals surface area (Å²) >= 11 is 0.